The maximum Gasteiger partial charge on any atom is 0.225 e. The monoisotopic (exact) mass is 201 g/mol. The van der Waals surface area contributed by atoms with Crippen molar-refractivity contribution in [2.24, 2.45) is 0 Å². The maximum absolute atomic E-state index is 11.6. The summed E-state index contributed by atoms with van der Waals surface area (Å²) in [5.41, 5.74) is 0. The van der Waals surface area contributed by atoms with Crippen molar-refractivity contribution >= 4 is 5.91 Å². The Bertz CT molecular complexity index is 167. The minimum Gasteiger partial charge on any atom is -0.343 e. The normalized spacial score (nSPS) is 17.1. The quantitative estimate of drug-likeness (QED) is 0.383. The van der Waals surface area contributed by atoms with Crippen molar-refractivity contribution < 1.29 is 14.6 Å². The van der Waals surface area contributed by atoms with Gasteiger partial charge in [0.15, 0.2) is 0 Å². The van der Waals surface area contributed by atoms with Gasteiger partial charge in [0, 0.05) is 13.1 Å². The number of likely N-dealkylation sites (tertiary alicyclic amines) is 1. The van der Waals surface area contributed by atoms with Crippen molar-refractivity contribution in [1.29, 1.82) is 0 Å². The van der Waals surface area contributed by atoms with Crippen molar-refractivity contribution in [3.05, 3.63) is 0 Å². The molecule has 0 aromatic carbocycles. The van der Waals surface area contributed by atoms with Crippen LogP contribution in [-0.2, 0) is 14.6 Å². The van der Waals surface area contributed by atoms with Crippen LogP contribution in [0.5, 0.6) is 0 Å². The van der Waals surface area contributed by atoms with Crippen LogP contribution in [0.4, 0.5) is 0 Å². The molecular weight excluding hydrogens is 182 g/mol. The van der Waals surface area contributed by atoms with Crippen molar-refractivity contribution in [3.8, 4) is 0 Å². The highest BCUT2D eigenvalue weighted by atomic mass is 17.2. The summed E-state index contributed by atoms with van der Waals surface area (Å²) in [7, 11) is 0. The van der Waals surface area contributed by atoms with Crippen LogP contribution >= 0.6 is 0 Å². The lowest BCUT2D eigenvalue weighted by Crippen LogP contribution is -2.36. The lowest BCUT2D eigenvalue weighted by Gasteiger charge is -2.26. The second-order valence-corrected chi connectivity index (χ2v) is 3.42. The van der Waals surface area contributed by atoms with Crippen LogP contribution in [0, 0.1) is 0 Å². The Balaban J connectivity index is 2.07. The zero-order chi connectivity index (χ0) is 10.2. The number of nitrogens with zero attached hydrogens (tertiary/aromatic N) is 1. The molecule has 1 aliphatic rings. The predicted molar refractivity (Wildman–Crippen MR) is 52.6 cm³/mol. The first-order valence-corrected chi connectivity index (χ1v) is 5.36. The van der Waals surface area contributed by atoms with Gasteiger partial charge in [-0.15, -0.1) is 0 Å². The van der Waals surface area contributed by atoms with E-state index in [0.717, 1.165) is 25.9 Å². The molecule has 0 aromatic heterocycles. The van der Waals surface area contributed by atoms with E-state index in [1.54, 1.807) is 0 Å². The molecule has 0 radical (unpaired) electrons. The third-order valence-electron chi connectivity index (χ3n) is 2.31. The van der Waals surface area contributed by atoms with Crippen LogP contribution in [0.15, 0.2) is 0 Å². The summed E-state index contributed by atoms with van der Waals surface area (Å²) < 4.78 is 0. The van der Waals surface area contributed by atoms with Gasteiger partial charge in [0.25, 0.3) is 0 Å². The minimum absolute atomic E-state index is 0.185. The molecule has 4 heteroatoms. The van der Waals surface area contributed by atoms with Crippen molar-refractivity contribution in [3.63, 3.8) is 0 Å². The van der Waals surface area contributed by atoms with E-state index >= 15 is 0 Å². The van der Waals surface area contributed by atoms with Crippen LogP contribution in [0.2, 0.25) is 0 Å². The lowest BCUT2D eigenvalue weighted by molar-refractivity contribution is -0.290. The van der Waals surface area contributed by atoms with Gasteiger partial charge in [-0.3, -0.25) is 4.79 Å². The summed E-state index contributed by atoms with van der Waals surface area (Å²) in [5, 5.41) is 0. The lowest BCUT2D eigenvalue weighted by atomic mass is 10.1. The Kier molecular flexibility index (Phi) is 5.56. The Morgan fingerprint density at radius 3 is 2.57 bits per heavy atom. The third-order valence-corrected chi connectivity index (χ3v) is 2.31. The average molecular weight is 201 g/mol. The zero-order valence-corrected chi connectivity index (χ0v) is 8.83. The molecule has 0 N–H and O–H groups in total. The molecule has 0 aromatic rings. The number of amides is 1. The summed E-state index contributed by atoms with van der Waals surface area (Å²) >= 11 is 0. The van der Waals surface area contributed by atoms with E-state index in [1.165, 1.54) is 6.42 Å². The molecule has 0 saturated carbocycles. The van der Waals surface area contributed by atoms with E-state index < -0.39 is 0 Å². The van der Waals surface area contributed by atoms with E-state index in [-0.39, 0.29) is 5.91 Å². The SMILES string of the molecule is CCOOCCC(=O)N1CCCCC1. The van der Waals surface area contributed by atoms with Crippen LogP contribution in [0.3, 0.4) is 0 Å². The predicted octanol–water partition coefficient (Wildman–Crippen LogP) is 1.36. The molecular formula is C10H19NO3. The summed E-state index contributed by atoms with van der Waals surface area (Å²) in [6.07, 6.45) is 3.95. The molecule has 1 amide bonds. The Morgan fingerprint density at radius 2 is 1.93 bits per heavy atom. The fraction of sp³-hybridized carbons (Fsp3) is 0.900. The summed E-state index contributed by atoms with van der Waals surface area (Å²) in [5.74, 6) is 0.185. The molecule has 0 atom stereocenters. The largest absolute Gasteiger partial charge is 0.343 e. The first-order valence-electron chi connectivity index (χ1n) is 5.36. The molecule has 1 heterocycles. The second-order valence-electron chi connectivity index (χ2n) is 3.42. The molecule has 1 fully saturated rings. The number of hydrogen-bond acceptors (Lipinski definition) is 3. The van der Waals surface area contributed by atoms with Gasteiger partial charge in [0.1, 0.15) is 0 Å². The molecule has 0 bridgehead atoms. The topological polar surface area (TPSA) is 38.8 Å². The van der Waals surface area contributed by atoms with Gasteiger partial charge in [0.05, 0.1) is 19.6 Å². The molecule has 1 rings (SSSR count). The highest BCUT2D eigenvalue weighted by molar-refractivity contribution is 5.76. The van der Waals surface area contributed by atoms with Crippen LogP contribution in [0.25, 0.3) is 0 Å². The molecule has 82 valence electrons. The molecule has 1 saturated heterocycles. The summed E-state index contributed by atoms with van der Waals surface area (Å²) in [6, 6.07) is 0. The third kappa shape index (κ3) is 4.07. The number of carbonyl (C=O) groups is 1. The van der Waals surface area contributed by atoms with E-state index in [2.05, 4.69) is 0 Å². The van der Waals surface area contributed by atoms with Crippen molar-refractivity contribution in [2.45, 2.75) is 32.6 Å². The van der Waals surface area contributed by atoms with Gasteiger partial charge in [-0.2, -0.15) is 0 Å². The molecule has 0 unspecified atom stereocenters. The highest BCUT2D eigenvalue weighted by Gasteiger charge is 2.15. The first kappa shape index (κ1) is 11.5. The summed E-state index contributed by atoms with van der Waals surface area (Å²) in [4.78, 5) is 23.0. The fourth-order valence-electron chi connectivity index (χ4n) is 1.57. The zero-order valence-electron chi connectivity index (χ0n) is 8.83. The van der Waals surface area contributed by atoms with Crippen LogP contribution in [-0.4, -0.2) is 37.1 Å². The molecule has 1 aliphatic heterocycles. The molecule has 4 nitrogen and oxygen atoms in total. The highest BCUT2D eigenvalue weighted by Crippen LogP contribution is 2.09. The van der Waals surface area contributed by atoms with Crippen molar-refractivity contribution in [1.82, 2.24) is 4.90 Å². The first-order chi connectivity index (χ1) is 6.84. The Hall–Kier alpha value is -0.610. The standard InChI is InChI=1S/C10H19NO3/c1-2-13-14-9-6-10(12)11-7-4-3-5-8-11/h2-9H2,1H3. The van der Waals surface area contributed by atoms with Gasteiger partial charge >= 0.3 is 0 Å². The van der Waals surface area contributed by atoms with Crippen LogP contribution in [0.1, 0.15) is 32.6 Å². The van der Waals surface area contributed by atoms with E-state index in [0.29, 0.717) is 19.6 Å². The van der Waals surface area contributed by atoms with E-state index in [1.807, 2.05) is 11.8 Å². The van der Waals surface area contributed by atoms with Crippen LogP contribution < -0.4 is 0 Å². The number of rotatable bonds is 5. The van der Waals surface area contributed by atoms with E-state index in [9.17, 15) is 4.79 Å². The Morgan fingerprint density at radius 1 is 1.21 bits per heavy atom. The average Bonchev–Trinajstić information content (AvgIpc) is 2.25. The fourth-order valence-corrected chi connectivity index (χ4v) is 1.57. The Labute approximate surface area is 85.1 Å². The number of hydrogen-bond donors (Lipinski definition) is 0. The van der Waals surface area contributed by atoms with Gasteiger partial charge in [-0.1, -0.05) is 0 Å². The second kappa shape index (κ2) is 6.79. The number of carbonyl (C=O) groups excluding carboxylic acids is 1. The molecule has 0 aliphatic carbocycles. The minimum atomic E-state index is 0.185. The molecule has 14 heavy (non-hydrogen) atoms. The van der Waals surface area contributed by atoms with Gasteiger partial charge in [-0.05, 0) is 26.2 Å². The van der Waals surface area contributed by atoms with Gasteiger partial charge in [0.2, 0.25) is 5.91 Å². The van der Waals surface area contributed by atoms with Gasteiger partial charge < -0.3 is 4.90 Å². The van der Waals surface area contributed by atoms with Gasteiger partial charge in [-0.25, -0.2) is 9.78 Å². The maximum atomic E-state index is 11.6. The van der Waals surface area contributed by atoms with E-state index in [4.69, 9.17) is 9.78 Å². The molecule has 0 spiro atoms. The number of piperidine rings is 1. The summed E-state index contributed by atoms with van der Waals surface area (Å²) in [6.45, 7) is 4.56. The van der Waals surface area contributed by atoms with Crippen molar-refractivity contribution in [2.75, 3.05) is 26.3 Å². The smallest absolute Gasteiger partial charge is 0.225 e.